The smallest absolute Gasteiger partial charge is 0.358 e. The average molecular weight is 422 g/mol. The lowest BCUT2D eigenvalue weighted by Gasteiger charge is -2.10. The highest BCUT2D eigenvalue weighted by Crippen LogP contribution is 2.30. The van der Waals surface area contributed by atoms with Crippen molar-refractivity contribution in [3.63, 3.8) is 0 Å². The molecule has 0 radical (unpaired) electrons. The van der Waals surface area contributed by atoms with Crippen LogP contribution in [0.5, 0.6) is 0 Å². The van der Waals surface area contributed by atoms with Gasteiger partial charge in [-0.15, -0.1) is 0 Å². The van der Waals surface area contributed by atoms with E-state index in [9.17, 15) is 28.1 Å². The number of nitro groups is 1. The van der Waals surface area contributed by atoms with Gasteiger partial charge in [0, 0.05) is 0 Å². The molecule has 2 aromatic heterocycles. The van der Waals surface area contributed by atoms with E-state index in [1.807, 2.05) is 0 Å². The number of halogens is 3. The first kappa shape index (κ1) is 21.0. The van der Waals surface area contributed by atoms with Crippen LogP contribution in [-0.2, 0) is 24.1 Å². The van der Waals surface area contributed by atoms with Gasteiger partial charge in [-0.05, 0) is 36.5 Å². The molecule has 30 heavy (non-hydrogen) atoms. The molecule has 1 amide bonds. The van der Waals surface area contributed by atoms with Gasteiger partial charge >= 0.3 is 12.0 Å². The summed E-state index contributed by atoms with van der Waals surface area (Å²) in [7, 11) is 0. The van der Waals surface area contributed by atoms with Crippen LogP contribution in [0.2, 0.25) is 0 Å². The minimum atomic E-state index is -4.44. The van der Waals surface area contributed by atoms with Crippen LogP contribution in [0.3, 0.4) is 0 Å². The van der Waals surface area contributed by atoms with E-state index >= 15 is 0 Å². The van der Waals surface area contributed by atoms with Crippen molar-refractivity contribution in [1.82, 2.24) is 19.6 Å². The van der Waals surface area contributed by atoms with Gasteiger partial charge in [-0.2, -0.15) is 23.0 Å². The number of anilines is 1. The number of amides is 1. The second kappa shape index (κ2) is 7.97. The number of alkyl halides is 3. The highest BCUT2D eigenvalue weighted by atomic mass is 19.4. The molecule has 158 valence electrons. The van der Waals surface area contributed by atoms with Gasteiger partial charge in [0.05, 0.1) is 46.5 Å². The molecule has 0 aliphatic rings. The number of carbonyl (C=O) groups excluding carboxylic acids is 1. The molecular weight excluding hydrogens is 405 g/mol. The van der Waals surface area contributed by atoms with Crippen LogP contribution in [0.15, 0.2) is 36.5 Å². The van der Waals surface area contributed by atoms with E-state index in [-0.39, 0.29) is 18.9 Å². The molecule has 0 atom stereocenters. The van der Waals surface area contributed by atoms with Gasteiger partial charge < -0.3 is 15.4 Å². The van der Waals surface area contributed by atoms with Crippen LogP contribution in [0.1, 0.15) is 22.5 Å². The normalized spacial score (nSPS) is 11.5. The molecule has 2 heterocycles. The van der Waals surface area contributed by atoms with Crippen LogP contribution >= 0.6 is 0 Å². The number of aryl methyl sites for hydroxylation is 1. The summed E-state index contributed by atoms with van der Waals surface area (Å²) < 4.78 is 41.4. The zero-order valence-corrected chi connectivity index (χ0v) is 16.0. The maximum absolute atomic E-state index is 12.9. The molecule has 0 aliphatic carbocycles. The first-order valence-electron chi connectivity index (χ1n) is 8.72. The van der Waals surface area contributed by atoms with Crippen molar-refractivity contribution in [1.29, 1.82) is 0 Å². The SMILES string of the molecule is Cc1nn(Cc2cccc(C(F)(F)F)c2)c(C)c1NC(=O)Cn1ccc([N+](=O)[O-])n1. The Morgan fingerprint density at radius 2 is 1.97 bits per heavy atom. The molecule has 0 spiro atoms. The van der Waals surface area contributed by atoms with E-state index in [4.69, 9.17) is 0 Å². The summed E-state index contributed by atoms with van der Waals surface area (Å²) in [5.74, 6) is -0.845. The van der Waals surface area contributed by atoms with E-state index in [1.54, 1.807) is 19.9 Å². The predicted octanol–water partition coefficient (Wildman–Crippen LogP) is 3.31. The Morgan fingerprint density at radius 1 is 1.23 bits per heavy atom. The van der Waals surface area contributed by atoms with Crippen molar-refractivity contribution in [2.45, 2.75) is 33.1 Å². The molecule has 0 saturated carbocycles. The minimum absolute atomic E-state index is 0.0951. The topological polar surface area (TPSA) is 108 Å². The van der Waals surface area contributed by atoms with Crippen molar-refractivity contribution >= 4 is 17.4 Å². The van der Waals surface area contributed by atoms with Crippen molar-refractivity contribution in [3.05, 3.63) is 69.2 Å². The highest BCUT2D eigenvalue weighted by molar-refractivity contribution is 5.91. The minimum Gasteiger partial charge on any atom is -0.358 e. The molecular formula is C18H17F3N6O3. The molecule has 3 aromatic rings. The van der Waals surface area contributed by atoms with Gasteiger partial charge in [0.25, 0.3) is 0 Å². The number of benzene rings is 1. The van der Waals surface area contributed by atoms with Crippen LogP contribution in [0.4, 0.5) is 24.7 Å². The molecule has 1 N–H and O–H groups in total. The van der Waals surface area contributed by atoms with Gasteiger partial charge in [0.1, 0.15) is 6.54 Å². The van der Waals surface area contributed by atoms with Crippen molar-refractivity contribution in [2.75, 3.05) is 5.32 Å². The van der Waals surface area contributed by atoms with E-state index in [0.717, 1.165) is 16.8 Å². The van der Waals surface area contributed by atoms with Crippen LogP contribution in [0.25, 0.3) is 0 Å². The Bertz CT molecular complexity index is 1100. The number of hydrogen-bond acceptors (Lipinski definition) is 5. The third-order valence-electron chi connectivity index (χ3n) is 4.35. The lowest BCUT2D eigenvalue weighted by Crippen LogP contribution is -2.20. The second-order valence-electron chi connectivity index (χ2n) is 6.58. The second-order valence-corrected chi connectivity index (χ2v) is 6.58. The standard InChI is InChI=1S/C18H17F3N6O3/c1-11-17(22-16(28)10-25-7-6-15(24-25)27(29)30)12(2)26(23-11)9-13-4-3-5-14(8-13)18(19,20)21/h3-8H,9-10H2,1-2H3,(H,22,28). The molecule has 0 aliphatic heterocycles. The lowest BCUT2D eigenvalue weighted by molar-refractivity contribution is -0.389. The summed E-state index contributed by atoms with van der Waals surface area (Å²) >= 11 is 0. The summed E-state index contributed by atoms with van der Waals surface area (Å²) in [4.78, 5) is 22.3. The third-order valence-corrected chi connectivity index (χ3v) is 4.35. The summed E-state index contributed by atoms with van der Waals surface area (Å²) in [6.07, 6.45) is -3.12. The molecule has 0 bridgehead atoms. The van der Waals surface area contributed by atoms with Crippen LogP contribution < -0.4 is 5.32 Å². The van der Waals surface area contributed by atoms with Crippen molar-refractivity contribution in [2.24, 2.45) is 0 Å². The van der Waals surface area contributed by atoms with Crippen LogP contribution in [0, 0.1) is 24.0 Å². The maximum Gasteiger partial charge on any atom is 0.416 e. The number of aromatic nitrogens is 4. The largest absolute Gasteiger partial charge is 0.416 e. The number of hydrogen-bond donors (Lipinski definition) is 1. The fourth-order valence-corrected chi connectivity index (χ4v) is 2.91. The number of nitrogens with zero attached hydrogens (tertiary/aromatic N) is 5. The fourth-order valence-electron chi connectivity index (χ4n) is 2.91. The van der Waals surface area contributed by atoms with E-state index in [0.29, 0.717) is 22.6 Å². The number of nitrogens with one attached hydrogen (secondary N) is 1. The Hall–Kier alpha value is -3.70. The fraction of sp³-hybridized carbons (Fsp3) is 0.278. The lowest BCUT2D eigenvalue weighted by atomic mass is 10.1. The Balaban J connectivity index is 1.73. The molecule has 1 aromatic carbocycles. The van der Waals surface area contributed by atoms with E-state index in [2.05, 4.69) is 15.5 Å². The monoisotopic (exact) mass is 422 g/mol. The van der Waals surface area contributed by atoms with Gasteiger partial charge in [0.15, 0.2) is 0 Å². The molecule has 3 rings (SSSR count). The van der Waals surface area contributed by atoms with Gasteiger partial charge in [-0.25, -0.2) is 0 Å². The predicted molar refractivity (Wildman–Crippen MR) is 99.8 cm³/mol. The zero-order valence-electron chi connectivity index (χ0n) is 16.0. The van der Waals surface area contributed by atoms with Gasteiger partial charge in [0.2, 0.25) is 5.91 Å². The molecule has 0 fully saturated rings. The van der Waals surface area contributed by atoms with Gasteiger partial charge in [-0.3, -0.25) is 9.48 Å². The molecule has 12 heteroatoms. The molecule has 9 nitrogen and oxygen atoms in total. The van der Waals surface area contributed by atoms with E-state index < -0.39 is 22.6 Å². The van der Waals surface area contributed by atoms with Crippen LogP contribution in [-0.4, -0.2) is 30.4 Å². The highest BCUT2D eigenvalue weighted by Gasteiger charge is 2.30. The Morgan fingerprint density at radius 3 is 2.60 bits per heavy atom. The maximum atomic E-state index is 12.9. The molecule has 0 unspecified atom stereocenters. The van der Waals surface area contributed by atoms with Crippen molar-refractivity contribution < 1.29 is 22.9 Å². The van der Waals surface area contributed by atoms with Crippen molar-refractivity contribution in [3.8, 4) is 0 Å². The summed E-state index contributed by atoms with van der Waals surface area (Å²) in [6, 6.07) is 6.12. The number of carbonyl (C=O) groups is 1. The third kappa shape index (κ3) is 4.64. The summed E-state index contributed by atoms with van der Waals surface area (Å²) in [5.41, 5.74) is 1.14. The summed E-state index contributed by atoms with van der Waals surface area (Å²) in [6.45, 7) is 3.19. The Kier molecular flexibility index (Phi) is 5.58. The average Bonchev–Trinajstić information content (AvgIpc) is 3.22. The quantitative estimate of drug-likeness (QED) is 0.484. The molecule has 0 saturated heterocycles. The first-order valence-corrected chi connectivity index (χ1v) is 8.72. The zero-order chi connectivity index (χ0) is 22.1. The van der Waals surface area contributed by atoms with Gasteiger partial charge in [-0.1, -0.05) is 12.1 Å². The first-order chi connectivity index (χ1) is 14.0. The summed E-state index contributed by atoms with van der Waals surface area (Å²) in [5, 5.41) is 21.3. The Labute approximate surface area is 168 Å². The number of rotatable bonds is 6. The van der Waals surface area contributed by atoms with E-state index in [1.165, 1.54) is 23.0 Å².